The number of aliphatic hydroxyl groups is 1. The molecule has 0 aliphatic rings. The second kappa shape index (κ2) is 8.93. The zero-order chi connectivity index (χ0) is 19.2. The van der Waals surface area contributed by atoms with Crippen LogP contribution in [-0.4, -0.2) is 34.8 Å². The molecular weight excluding hydrogens is 368 g/mol. The van der Waals surface area contributed by atoms with Crippen LogP contribution in [0.3, 0.4) is 0 Å². The first kappa shape index (κ1) is 18.6. The highest BCUT2D eigenvalue weighted by Gasteiger charge is 2.07. The van der Waals surface area contributed by atoms with Crippen LogP contribution in [0.2, 0.25) is 0 Å². The van der Waals surface area contributed by atoms with Crippen molar-refractivity contribution in [3.05, 3.63) is 72.6 Å². The Hall–Kier alpha value is -2.80. The first-order valence-electron chi connectivity index (χ1n) is 9.30. The number of thiophene rings is 1. The summed E-state index contributed by atoms with van der Waals surface area (Å²) in [5.41, 5.74) is 3.17. The number of fused-ring (bicyclic) bond motifs is 1. The van der Waals surface area contributed by atoms with E-state index in [-0.39, 0.29) is 6.61 Å². The molecule has 4 rings (SSSR count). The van der Waals surface area contributed by atoms with E-state index in [1.165, 1.54) is 15.6 Å². The number of nitrogens with zero attached hydrogens (tertiary/aromatic N) is 2. The Bertz CT molecular complexity index is 1010. The number of aromatic nitrogens is 2. The number of anilines is 2. The minimum atomic E-state index is 0.172. The van der Waals surface area contributed by atoms with E-state index >= 15 is 0 Å². The van der Waals surface area contributed by atoms with Crippen molar-refractivity contribution in [2.75, 3.05) is 25.0 Å². The van der Waals surface area contributed by atoms with Crippen molar-refractivity contribution >= 4 is 32.9 Å². The molecule has 0 atom stereocenters. The zero-order valence-corrected chi connectivity index (χ0v) is 16.2. The quantitative estimate of drug-likeness (QED) is 0.393. The van der Waals surface area contributed by atoms with Crippen molar-refractivity contribution in [1.82, 2.24) is 15.3 Å². The Labute approximate surface area is 168 Å². The Morgan fingerprint density at radius 2 is 1.79 bits per heavy atom. The van der Waals surface area contributed by atoms with Gasteiger partial charge in [0.15, 0.2) is 0 Å². The van der Waals surface area contributed by atoms with E-state index in [1.807, 2.05) is 6.07 Å². The standard InChI is InChI=1S/C22H22N4OS/c27-12-11-23-10-9-16-5-7-18(8-6-16)26-22-14-19(24-15-25-22)21-13-17-3-1-2-4-20(17)28-21/h1-8,13-15,23,27H,9-12H2,(H,24,25,26). The van der Waals surface area contributed by atoms with Crippen molar-refractivity contribution in [1.29, 1.82) is 0 Å². The van der Waals surface area contributed by atoms with E-state index in [0.29, 0.717) is 6.54 Å². The zero-order valence-electron chi connectivity index (χ0n) is 15.4. The summed E-state index contributed by atoms with van der Waals surface area (Å²) in [6.07, 6.45) is 2.53. The molecule has 0 radical (unpaired) electrons. The van der Waals surface area contributed by atoms with Crippen LogP contribution in [0.15, 0.2) is 67.0 Å². The van der Waals surface area contributed by atoms with Gasteiger partial charge in [0.2, 0.25) is 0 Å². The second-order valence-electron chi connectivity index (χ2n) is 6.48. The fourth-order valence-corrected chi connectivity index (χ4v) is 4.04. The highest BCUT2D eigenvalue weighted by atomic mass is 32.1. The predicted octanol–water partition coefficient (Wildman–Crippen LogP) is 4.23. The molecule has 0 saturated carbocycles. The van der Waals surface area contributed by atoms with Crippen molar-refractivity contribution in [2.45, 2.75) is 6.42 Å². The summed E-state index contributed by atoms with van der Waals surface area (Å²) in [5, 5.41) is 16.6. The average molecular weight is 391 g/mol. The van der Waals surface area contributed by atoms with E-state index in [9.17, 15) is 0 Å². The lowest BCUT2D eigenvalue weighted by molar-refractivity contribution is 0.293. The molecule has 0 spiro atoms. The van der Waals surface area contributed by atoms with Gasteiger partial charge in [-0.3, -0.25) is 0 Å². The van der Waals surface area contributed by atoms with Gasteiger partial charge in [0.05, 0.1) is 17.2 Å². The van der Waals surface area contributed by atoms with Crippen molar-refractivity contribution in [3.63, 3.8) is 0 Å². The van der Waals surface area contributed by atoms with Crippen LogP contribution in [0, 0.1) is 0 Å². The molecule has 28 heavy (non-hydrogen) atoms. The van der Waals surface area contributed by atoms with Gasteiger partial charge in [0, 0.05) is 23.0 Å². The first-order valence-corrected chi connectivity index (χ1v) is 10.1. The predicted molar refractivity (Wildman–Crippen MR) is 116 cm³/mol. The Morgan fingerprint density at radius 1 is 0.929 bits per heavy atom. The van der Waals surface area contributed by atoms with Crippen LogP contribution < -0.4 is 10.6 Å². The highest BCUT2D eigenvalue weighted by Crippen LogP contribution is 2.33. The molecule has 3 N–H and O–H groups in total. The van der Waals surface area contributed by atoms with Gasteiger partial charge in [-0.1, -0.05) is 30.3 Å². The van der Waals surface area contributed by atoms with Crippen LogP contribution in [0.5, 0.6) is 0 Å². The molecule has 0 unspecified atom stereocenters. The summed E-state index contributed by atoms with van der Waals surface area (Å²) >= 11 is 1.74. The van der Waals surface area contributed by atoms with E-state index in [4.69, 9.17) is 5.11 Å². The molecule has 0 fully saturated rings. The molecule has 0 aliphatic carbocycles. The number of hydrogen-bond donors (Lipinski definition) is 3. The van der Waals surface area contributed by atoms with Crippen molar-refractivity contribution in [3.8, 4) is 10.6 Å². The van der Waals surface area contributed by atoms with E-state index in [0.717, 1.165) is 35.0 Å². The van der Waals surface area contributed by atoms with Crippen LogP contribution in [0.4, 0.5) is 11.5 Å². The fourth-order valence-electron chi connectivity index (χ4n) is 3.01. The summed E-state index contributed by atoms with van der Waals surface area (Å²) in [6, 6.07) is 20.9. The maximum atomic E-state index is 8.79. The van der Waals surface area contributed by atoms with Gasteiger partial charge < -0.3 is 15.7 Å². The summed E-state index contributed by atoms with van der Waals surface area (Å²) < 4.78 is 1.26. The number of benzene rings is 2. The topological polar surface area (TPSA) is 70.1 Å². The van der Waals surface area contributed by atoms with E-state index < -0.39 is 0 Å². The lowest BCUT2D eigenvalue weighted by atomic mass is 10.1. The molecule has 6 heteroatoms. The number of rotatable bonds is 8. The normalized spacial score (nSPS) is 11.0. The summed E-state index contributed by atoms with van der Waals surface area (Å²) in [7, 11) is 0. The lowest BCUT2D eigenvalue weighted by Gasteiger charge is -2.08. The molecule has 0 aliphatic heterocycles. The maximum absolute atomic E-state index is 8.79. The smallest absolute Gasteiger partial charge is 0.134 e. The van der Waals surface area contributed by atoms with Crippen LogP contribution in [-0.2, 0) is 6.42 Å². The second-order valence-corrected chi connectivity index (χ2v) is 7.57. The summed E-state index contributed by atoms with van der Waals surface area (Å²) in [5.74, 6) is 0.778. The maximum Gasteiger partial charge on any atom is 0.134 e. The van der Waals surface area contributed by atoms with Crippen LogP contribution >= 0.6 is 11.3 Å². The number of hydrogen-bond acceptors (Lipinski definition) is 6. The van der Waals surface area contributed by atoms with Crippen LogP contribution in [0.25, 0.3) is 20.7 Å². The van der Waals surface area contributed by atoms with Gasteiger partial charge in [0.1, 0.15) is 12.1 Å². The van der Waals surface area contributed by atoms with Gasteiger partial charge in [-0.05, 0) is 48.2 Å². The summed E-state index contributed by atoms with van der Waals surface area (Å²) in [6.45, 7) is 1.67. The van der Waals surface area contributed by atoms with Gasteiger partial charge in [-0.25, -0.2) is 9.97 Å². The monoisotopic (exact) mass is 390 g/mol. The Balaban J connectivity index is 1.44. The van der Waals surface area contributed by atoms with Crippen LogP contribution in [0.1, 0.15) is 5.56 Å². The molecule has 2 aromatic heterocycles. The van der Waals surface area contributed by atoms with E-state index in [2.05, 4.69) is 75.2 Å². The minimum absolute atomic E-state index is 0.172. The molecule has 2 aromatic carbocycles. The third-order valence-corrected chi connectivity index (χ3v) is 5.59. The van der Waals surface area contributed by atoms with Gasteiger partial charge >= 0.3 is 0 Å². The van der Waals surface area contributed by atoms with Crippen molar-refractivity contribution in [2.24, 2.45) is 0 Å². The largest absolute Gasteiger partial charge is 0.395 e. The molecule has 4 aromatic rings. The number of aliphatic hydroxyl groups excluding tert-OH is 1. The highest BCUT2D eigenvalue weighted by molar-refractivity contribution is 7.22. The lowest BCUT2D eigenvalue weighted by Crippen LogP contribution is -2.20. The average Bonchev–Trinajstić information content (AvgIpc) is 3.17. The third kappa shape index (κ3) is 4.54. The first-order chi connectivity index (χ1) is 13.8. The third-order valence-electron chi connectivity index (χ3n) is 4.45. The summed E-state index contributed by atoms with van der Waals surface area (Å²) in [4.78, 5) is 9.94. The molecular formula is C22H22N4OS. The molecule has 0 saturated heterocycles. The minimum Gasteiger partial charge on any atom is -0.395 e. The van der Waals surface area contributed by atoms with Gasteiger partial charge in [-0.2, -0.15) is 0 Å². The molecule has 2 heterocycles. The molecule has 5 nitrogen and oxygen atoms in total. The van der Waals surface area contributed by atoms with Crippen molar-refractivity contribution < 1.29 is 5.11 Å². The SMILES string of the molecule is OCCNCCc1ccc(Nc2cc(-c3cc4ccccc4s3)ncn2)cc1. The molecule has 0 bridgehead atoms. The number of nitrogens with one attached hydrogen (secondary N) is 2. The Kier molecular flexibility index (Phi) is 5.92. The Morgan fingerprint density at radius 3 is 2.61 bits per heavy atom. The van der Waals surface area contributed by atoms with Gasteiger partial charge in [-0.15, -0.1) is 11.3 Å². The molecule has 0 amide bonds. The fraction of sp³-hybridized carbons (Fsp3) is 0.182. The molecule has 142 valence electrons. The van der Waals surface area contributed by atoms with Gasteiger partial charge in [0.25, 0.3) is 0 Å². The van der Waals surface area contributed by atoms with E-state index in [1.54, 1.807) is 17.7 Å².